The molecule has 1 aliphatic heterocycles. The van der Waals surface area contributed by atoms with Crippen molar-refractivity contribution < 1.29 is 5.21 Å². The Labute approximate surface area is 99.6 Å². The molecule has 2 rings (SSSR count). The molecule has 0 unspecified atom stereocenters. The number of hydrogen-bond donors (Lipinski definition) is 3. The van der Waals surface area contributed by atoms with Gasteiger partial charge in [-0.05, 0) is 19.3 Å². The lowest BCUT2D eigenvalue weighted by Crippen LogP contribution is -2.33. The fraction of sp³-hybridized carbons (Fsp3) is 0.556. The molecule has 0 saturated carbocycles. The van der Waals surface area contributed by atoms with Crippen molar-refractivity contribution in [3.8, 4) is 0 Å². The fourth-order valence-electron chi connectivity index (χ4n) is 1.79. The number of piperidine rings is 1. The molecule has 0 aromatic carbocycles. The number of hydrogen-bond acceptors (Lipinski definition) is 5. The first-order valence-corrected chi connectivity index (χ1v) is 5.07. The van der Waals surface area contributed by atoms with E-state index in [9.17, 15) is 5.21 Å². The second kappa shape index (κ2) is 5.07. The number of aromatic nitrogens is 2. The van der Waals surface area contributed by atoms with Crippen molar-refractivity contribution in [3.63, 3.8) is 0 Å². The molecule has 0 bridgehead atoms. The highest BCUT2D eigenvalue weighted by Gasteiger charge is 2.13. The van der Waals surface area contributed by atoms with Gasteiger partial charge in [0.05, 0.1) is 0 Å². The molecule has 7 heteroatoms. The maximum Gasteiger partial charge on any atom is 0.259 e. The van der Waals surface area contributed by atoms with Gasteiger partial charge >= 0.3 is 0 Å². The summed E-state index contributed by atoms with van der Waals surface area (Å²) in [6.45, 7) is 1.89. The van der Waals surface area contributed by atoms with E-state index < -0.39 is 0 Å². The van der Waals surface area contributed by atoms with E-state index in [1.807, 2.05) is 0 Å². The van der Waals surface area contributed by atoms with Crippen LogP contribution in [0.15, 0.2) is 6.07 Å². The molecular weight excluding hydrogens is 230 g/mol. The Balaban J connectivity index is 0.00000128. The summed E-state index contributed by atoms with van der Waals surface area (Å²) in [6, 6.07) is 1.60. The number of nitrogen functional groups attached to an aromatic ring is 1. The lowest BCUT2D eigenvalue weighted by atomic mass is 10.1. The molecule has 1 aromatic rings. The largest absolute Gasteiger partial charge is 0.423 e. The first-order chi connectivity index (χ1) is 7.18. The van der Waals surface area contributed by atoms with Crippen molar-refractivity contribution in [3.05, 3.63) is 11.7 Å². The molecule has 0 aliphatic carbocycles. The molecule has 4 N–H and O–H groups in total. The van der Waals surface area contributed by atoms with E-state index in [1.54, 1.807) is 6.07 Å². The van der Waals surface area contributed by atoms with Gasteiger partial charge in [0.15, 0.2) is 0 Å². The van der Waals surface area contributed by atoms with Crippen molar-refractivity contribution in [1.29, 1.82) is 5.41 Å². The minimum absolute atomic E-state index is 0. The van der Waals surface area contributed by atoms with E-state index in [0.717, 1.165) is 25.9 Å². The Hall–Kier alpha value is -1.43. The maximum absolute atomic E-state index is 9.25. The van der Waals surface area contributed by atoms with Gasteiger partial charge in [0.1, 0.15) is 11.6 Å². The highest BCUT2D eigenvalue weighted by molar-refractivity contribution is 5.85. The molecule has 90 valence electrons. The summed E-state index contributed by atoms with van der Waals surface area (Å²) in [5.41, 5.74) is 5.33. The fourth-order valence-corrected chi connectivity index (χ4v) is 1.79. The SMILES string of the molecule is Cl.N=c1nc(N2CCCCC2)cc(N)n1O. The van der Waals surface area contributed by atoms with E-state index in [2.05, 4.69) is 9.88 Å². The molecule has 1 aromatic heterocycles. The van der Waals surface area contributed by atoms with Gasteiger partial charge in [-0.3, -0.25) is 5.41 Å². The second-order valence-electron chi connectivity index (χ2n) is 3.72. The van der Waals surface area contributed by atoms with Gasteiger partial charge in [0, 0.05) is 19.2 Å². The average Bonchev–Trinajstić information content (AvgIpc) is 2.26. The van der Waals surface area contributed by atoms with Gasteiger partial charge in [0.25, 0.3) is 5.62 Å². The molecule has 1 aliphatic rings. The van der Waals surface area contributed by atoms with Crippen molar-refractivity contribution in [2.75, 3.05) is 23.7 Å². The van der Waals surface area contributed by atoms with Gasteiger partial charge < -0.3 is 15.8 Å². The molecule has 0 radical (unpaired) electrons. The van der Waals surface area contributed by atoms with Crippen molar-refractivity contribution in [1.82, 2.24) is 9.71 Å². The number of nitrogens with two attached hydrogens (primary N) is 1. The Morgan fingerprint density at radius 1 is 1.31 bits per heavy atom. The normalized spacial score (nSPS) is 15.6. The highest BCUT2D eigenvalue weighted by atomic mass is 35.5. The van der Waals surface area contributed by atoms with Crippen LogP contribution in [-0.4, -0.2) is 28.0 Å². The lowest BCUT2D eigenvalue weighted by molar-refractivity contribution is 0.171. The zero-order valence-corrected chi connectivity index (χ0v) is 9.70. The Morgan fingerprint density at radius 2 is 1.94 bits per heavy atom. The van der Waals surface area contributed by atoms with Gasteiger partial charge in [0.2, 0.25) is 0 Å². The summed E-state index contributed by atoms with van der Waals surface area (Å²) in [4.78, 5) is 6.08. The van der Waals surface area contributed by atoms with E-state index in [-0.39, 0.29) is 23.8 Å². The topological polar surface area (TPSA) is 91.2 Å². The van der Waals surface area contributed by atoms with E-state index in [0.29, 0.717) is 10.5 Å². The summed E-state index contributed by atoms with van der Waals surface area (Å²) in [5.74, 6) is 0.832. The predicted molar refractivity (Wildman–Crippen MR) is 63.0 cm³/mol. The molecule has 0 atom stereocenters. The van der Waals surface area contributed by atoms with E-state index >= 15 is 0 Å². The van der Waals surface area contributed by atoms with Gasteiger partial charge in [-0.25, -0.2) is 0 Å². The molecule has 6 nitrogen and oxygen atoms in total. The zero-order chi connectivity index (χ0) is 10.8. The van der Waals surface area contributed by atoms with Crippen LogP contribution in [0.1, 0.15) is 19.3 Å². The molecule has 0 spiro atoms. The first-order valence-electron chi connectivity index (χ1n) is 5.07. The van der Waals surface area contributed by atoms with Crippen LogP contribution in [0.2, 0.25) is 0 Å². The number of nitrogens with zero attached hydrogens (tertiary/aromatic N) is 3. The van der Waals surface area contributed by atoms with Crippen molar-refractivity contribution >= 4 is 24.0 Å². The Bertz CT molecular complexity index is 413. The van der Waals surface area contributed by atoms with Crippen LogP contribution in [-0.2, 0) is 0 Å². The zero-order valence-electron chi connectivity index (χ0n) is 8.89. The van der Waals surface area contributed by atoms with Gasteiger partial charge in [-0.1, -0.05) is 0 Å². The molecule has 16 heavy (non-hydrogen) atoms. The quantitative estimate of drug-likeness (QED) is 0.632. The van der Waals surface area contributed by atoms with E-state index in [1.165, 1.54) is 6.42 Å². The highest BCUT2D eigenvalue weighted by Crippen LogP contribution is 2.17. The summed E-state index contributed by atoms with van der Waals surface area (Å²) in [5, 5.41) is 16.7. The van der Waals surface area contributed by atoms with Crippen LogP contribution in [0, 0.1) is 5.41 Å². The van der Waals surface area contributed by atoms with Crippen molar-refractivity contribution in [2.45, 2.75) is 19.3 Å². The van der Waals surface area contributed by atoms with Gasteiger partial charge in [-0.2, -0.15) is 4.98 Å². The summed E-state index contributed by atoms with van der Waals surface area (Å²) < 4.78 is 0.577. The van der Waals surface area contributed by atoms with Crippen LogP contribution in [0.25, 0.3) is 0 Å². The molecule has 1 saturated heterocycles. The molecular formula is C9H16ClN5O. The number of anilines is 2. The van der Waals surface area contributed by atoms with Crippen LogP contribution in [0.5, 0.6) is 0 Å². The Morgan fingerprint density at radius 3 is 2.50 bits per heavy atom. The molecule has 1 fully saturated rings. The average molecular weight is 246 g/mol. The maximum atomic E-state index is 9.25. The Kier molecular flexibility index (Phi) is 4.00. The summed E-state index contributed by atoms with van der Waals surface area (Å²) >= 11 is 0. The third-order valence-electron chi connectivity index (χ3n) is 2.62. The van der Waals surface area contributed by atoms with Crippen LogP contribution < -0.4 is 16.3 Å². The first kappa shape index (κ1) is 12.6. The predicted octanol–water partition coefficient (Wildman–Crippen LogP) is 0.594. The van der Waals surface area contributed by atoms with Crippen LogP contribution >= 0.6 is 12.4 Å². The molecule has 0 amide bonds. The van der Waals surface area contributed by atoms with Gasteiger partial charge in [-0.15, -0.1) is 17.1 Å². The third kappa shape index (κ3) is 2.38. The number of rotatable bonds is 1. The monoisotopic (exact) mass is 245 g/mol. The van der Waals surface area contributed by atoms with Crippen molar-refractivity contribution in [2.24, 2.45) is 0 Å². The second-order valence-corrected chi connectivity index (χ2v) is 3.72. The smallest absolute Gasteiger partial charge is 0.259 e. The minimum Gasteiger partial charge on any atom is -0.423 e. The summed E-state index contributed by atoms with van der Waals surface area (Å²) in [7, 11) is 0. The third-order valence-corrected chi connectivity index (χ3v) is 2.62. The van der Waals surface area contributed by atoms with E-state index in [4.69, 9.17) is 11.1 Å². The molecule has 2 heterocycles. The number of nitrogens with one attached hydrogen (secondary N) is 1. The lowest BCUT2D eigenvalue weighted by Gasteiger charge is -2.27. The summed E-state index contributed by atoms with van der Waals surface area (Å²) in [6.07, 6.45) is 3.53. The minimum atomic E-state index is -0.226. The standard InChI is InChI=1S/C9H15N5O.ClH/c10-7-6-8(12-9(11)14(7)15)13-4-2-1-3-5-13;/h6,11,15H,1-5,10H2;1H. The van der Waals surface area contributed by atoms with Crippen LogP contribution in [0.4, 0.5) is 11.6 Å². The van der Waals surface area contributed by atoms with Crippen LogP contribution in [0.3, 0.4) is 0 Å². The number of halogens is 1.